The highest BCUT2D eigenvalue weighted by Gasteiger charge is 2.41. The molecule has 1 N–H and O–H groups in total. The summed E-state index contributed by atoms with van der Waals surface area (Å²) in [5, 5.41) is 3.58. The van der Waals surface area contributed by atoms with E-state index < -0.39 is 0 Å². The highest BCUT2D eigenvalue weighted by Crippen LogP contribution is 2.45. The molecule has 0 aromatic rings. The van der Waals surface area contributed by atoms with Crippen molar-refractivity contribution in [1.29, 1.82) is 0 Å². The lowest BCUT2D eigenvalue weighted by Crippen LogP contribution is -2.32. The first-order valence-corrected chi connectivity index (χ1v) is 5.58. The number of hydrogen-bond acceptors (Lipinski definition) is 1. The van der Waals surface area contributed by atoms with E-state index in [-0.39, 0.29) is 0 Å². The van der Waals surface area contributed by atoms with Gasteiger partial charge in [-0.2, -0.15) is 0 Å². The Hall–Kier alpha value is -0.0400. The number of hydrogen-bond donors (Lipinski definition) is 1. The van der Waals surface area contributed by atoms with E-state index in [1.165, 1.54) is 51.6 Å². The Bertz CT molecular complexity index is 147. The maximum atomic E-state index is 3.58. The van der Waals surface area contributed by atoms with Gasteiger partial charge in [-0.1, -0.05) is 32.6 Å². The summed E-state index contributed by atoms with van der Waals surface area (Å²) in [6, 6.07) is 0. The van der Waals surface area contributed by atoms with Crippen molar-refractivity contribution >= 4 is 0 Å². The molecule has 0 radical (unpaired) electrons. The van der Waals surface area contributed by atoms with Crippen LogP contribution in [-0.2, 0) is 0 Å². The Labute approximate surface area is 75.9 Å². The highest BCUT2D eigenvalue weighted by atomic mass is 14.9. The van der Waals surface area contributed by atoms with Gasteiger partial charge in [-0.05, 0) is 30.7 Å². The topological polar surface area (TPSA) is 12.0 Å². The van der Waals surface area contributed by atoms with Crippen LogP contribution in [-0.4, -0.2) is 13.1 Å². The quantitative estimate of drug-likeness (QED) is 0.633. The fraction of sp³-hybridized carbons (Fsp3) is 1.00. The second kappa shape index (κ2) is 3.37. The Morgan fingerprint density at radius 2 is 2.00 bits per heavy atom. The molecule has 0 aromatic heterocycles. The minimum absolute atomic E-state index is 0.729. The van der Waals surface area contributed by atoms with Crippen LogP contribution in [0.5, 0.6) is 0 Å². The summed E-state index contributed by atoms with van der Waals surface area (Å²) in [5.74, 6) is 0.984. The van der Waals surface area contributed by atoms with E-state index in [9.17, 15) is 0 Å². The van der Waals surface area contributed by atoms with Crippen molar-refractivity contribution in [3.8, 4) is 0 Å². The van der Waals surface area contributed by atoms with Crippen LogP contribution in [0, 0.1) is 11.3 Å². The van der Waals surface area contributed by atoms with Gasteiger partial charge in [-0.15, -0.1) is 0 Å². The van der Waals surface area contributed by atoms with Gasteiger partial charge in [0.25, 0.3) is 0 Å². The molecule has 0 bridgehead atoms. The molecule has 1 aliphatic carbocycles. The van der Waals surface area contributed by atoms with Gasteiger partial charge < -0.3 is 5.32 Å². The van der Waals surface area contributed by atoms with Gasteiger partial charge in [0.1, 0.15) is 0 Å². The summed E-state index contributed by atoms with van der Waals surface area (Å²) >= 11 is 0. The lowest BCUT2D eigenvalue weighted by molar-refractivity contribution is 0.145. The van der Waals surface area contributed by atoms with Crippen molar-refractivity contribution in [3.05, 3.63) is 0 Å². The Balaban J connectivity index is 2.05. The lowest BCUT2D eigenvalue weighted by atomic mass is 9.67. The van der Waals surface area contributed by atoms with Gasteiger partial charge in [0.2, 0.25) is 0 Å². The van der Waals surface area contributed by atoms with Crippen molar-refractivity contribution in [1.82, 2.24) is 5.32 Å². The molecule has 12 heavy (non-hydrogen) atoms. The van der Waals surface area contributed by atoms with Crippen LogP contribution < -0.4 is 5.32 Å². The van der Waals surface area contributed by atoms with Crippen molar-refractivity contribution in [2.45, 2.75) is 45.4 Å². The normalized spacial score (nSPS) is 34.2. The molecule has 1 saturated carbocycles. The van der Waals surface area contributed by atoms with Crippen molar-refractivity contribution in [3.63, 3.8) is 0 Å². The van der Waals surface area contributed by atoms with Crippen molar-refractivity contribution < 1.29 is 0 Å². The number of rotatable bonds is 1. The molecule has 0 amide bonds. The van der Waals surface area contributed by atoms with E-state index >= 15 is 0 Å². The van der Waals surface area contributed by atoms with Gasteiger partial charge in [0.15, 0.2) is 0 Å². The first-order valence-electron chi connectivity index (χ1n) is 5.58. The third-order valence-electron chi connectivity index (χ3n) is 4.08. The molecule has 1 saturated heterocycles. The molecule has 1 unspecified atom stereocenters. The Morgan fingerprint density at radius 1 is 1.25 bits per heavy atom. The predicted octanol–water partition coefficient (Wildman–Crippen LogP) is 2.57. The van der Waals surface area contributed by atoms with Crippen LogP contribution >= 0.6 is 0 Å². The molecule has 1 aliphatic heterocycles. The Kier molecular flexibility index (Phi) is 2.40. The van der Waals surface area contributed by atoms with Crippen molar-refractivity contribution in [2.24, 2.45) is 11.3 Å². The van der Waals surface area contributed by atoms with Crippen LogP contribution in [0.15, 0.2) is 0 Å². The molecule has 1 heteroatoms. The fourth-order valence-corrected chi connectivity index (χ4v) is 3.27. The summed E-state index contributed by atoms with van der Waals surface area (Å²) in [5.41, 5.74) is 0.729. The third-order valence-corrected chi connectivity index (χ3v) is 4.08. The zero-order chi connectivity index (χ0) is 8.44. The van der Waals surface area contributed by atoms with E-state index in [0.717, 1.165) is 11.3 Å². The molecule has 1 heterocycles. The third kappa shape index (κ3) is 1.28. The maximum absolute atomic E-state index is 3.58. The van der Waals surface area contributed by atoms with Crippen LogP contribution in [0.3, 0.4) is 0 Å². The van der Waals surface area contributed by atoms with Gasteiger partial charge in [-0.3, -0.25) is 0 Å². The smallest absolute Gasteiger partial charge is 0.00111 e. The van der Waals surface area contributed by atoms with Crippen LogP contribution in [0.4, 0.5) is 0 Å². The molecular weight excluding hydrogens is 146 g/mol. The minimum atomic E-state index is 0.729. The first kappa shape index (κ1) is 8.55. The molecule has 1 spiro atoms. The zero-order valence-electron chi connectivity index (χ0n) is 8.23. The lowest BCUT2D eigenvalue weighted by Gasteiger charge is -2.37. The summed E-state index contributed by atoms with van der Waals surface area (Å²) < 4.78 is 0. The molecule has 2 fully saturated rings. The second-order valence-corrected chi connectivity index (χ2v) is 4.66. The van der Waals surface area contributed by atoms with E-state index in [0.29, 0.717) is 0 Å². The monoisotopic (exact) mass is 167 g/mol. The van der Waals surface area contributed by atoms with E-state index in [1.807, 2.05) is 0 Å². The fourth-order valence-electron chi connectivity index (χ4n) is 3.27. The van der Waals surface area contributed by atoms with Crippen LogP contribution in [0.1, 0.15) is 45.4 Å². The van der Waals surface area contributed by atoms with Gasteiger partial charge >= 0.3 is 0 Å². The molecule has 70 valence electrons. The van der Waals surface area contributed by atoms with Gasteiger partial charge in [-0.25, -0.2) is 0 Å². The maximum Gasteiger partial charge on any atom is 0.00111 e. The molecule has 1 nitrogen and oxygen atoms in total. The average Bonchev–Trinajstić information content (AvgIpc) is 2.49. The minimum Gasteiger partial charge on any atom is -0.316 e. The van der Waals surface area contributed by atoms with E-state index in [1.54, 1.807) is 0 Å². The Morgan fingerprint density at radius 3 is 2.67 bits per heavy atom. The summed E-state index contributed by atoms with van der Waals surface area (Å²) in [6.45, 7) is 4.95. The summed E-state index contributed by atoms with van der Waals surface area (Å²) in [4.78, 5) is 0. The van der Waals surface area contributed by atoms with Gasteiger partial charge in [0.05, 0.1) is 0 Å². The second-order valence-electron chi connectivity index (χ2n) is 4.66. The average molecular weight is 167 g/mol. The zero-order valence-corrected chi connectivity index (χ0v) is 8.23. The standard InChI is InChI=1S/C11H21N/c1-2-10-8-12-9-11(10)6-4-3-5-7-11/h10,12H,2-9H2,1H3. The largest absolute Gasteiger partial charge is 0.316 e. The molecule has 2 aliphatic rings. The first-order chi connectivity index (χ1) is 5.87. The molecule has 2 rings (SSSR count). The van der Waals surface area contributed by atoms with Crippen LogP contribution in [0.2, 0.25) is 0 Å². The van der Waals surface area contributed by atoms with E-state index in [4.69, 9.17) is 0 Å². The highest BCUT2D eigenvalue weighted by molar-refractivity contribution is 4.95. The molecular formula is C11H21N. The number of nitrogens with one attached hydrogen (secondary N) is 1. The molecule has 0 aromatic carbocycles. The van der Waals surface area contributed by atoms with Crippen molar-refractivity contribution in [2.75, 3.05) is 13.1 Å². The predicted molar refractivity (Wildman–Crippen MR) is 52.2 cm³/mol. The van der Waals surface area contributed by atoms with E-state index in [2.05, 4.69) is 12.2 Å². The SMILES string of the molecule is CCC1CNCC12CCCCC2. The van der Waals surface area contributed by atoms with Crippen LogP contribution in [0.25, 0.3) is 0 Å². The summed E-state index contributed by atoms with van der Waals surface area (Å²) in [7, 11) is 0. The molecule has 1 atom stereocenters. The van der Waals surface area contributed by atoms with Gasteiger partial charge in [0, 0.05) is 6.54 Å². The summed E-state index contributed by atoms with van der Waals surface area (Å²) in [6.07, 6.45) is 8.83.